The number of amides is 3. The van der Waals surface area contributed by atoms with E-state index >= 15 is 0 Å². The number of nitrogens with two attached hydrogens (primary N) is 1. The standard InChI is InChI=1S/C26H32N4O6S/c1-15(2)11-19(29-23(31)13-27)25(33)30(20-9-10-35-26(20)34)24(32)14-36-16-7-8-22-18(12-16)28-17-5-3-4-6-21(17)37-22/h3-8,12,15,19-20,26,28,34H,9-11,13-14,27H2,1-2H3,(H,29,31)/t19-,20-,26?/m0/s1. The van der Waals surface area contributed by atoms with Crippen molar-refractivity contribution in [3.05, 3.63) is 42.5 Å². The molecule has 0 spiro atoms. The smallest absolute Gasteiger partial charge is 0.267 e. The van der Waals surface area contributed by atoms with Crippen LogP contribution in [0, 0.1) is 5.92 Å². The summed E-state index contributed by atoms with van der Waals surface area (Å²) in [5, 5.41) is 16.3. The fourth-order valence-corrected chi connectivity index (χ4v) is 5.30. The third-order valence-corrected chi connectivity index (χ3v) is 7.24. The Morgan fingerprint density at radius 1 is 1.22 bits per heavy atom. The van der Waals surface area contributed by atoms with Crippen LogP contribution in [-0.2, 0) is 19.1 Å². The zero-order chi connectivity index (χ0) is 26.5. The van der Waals surface area contributed by atoms with Crippen LogP contribution in [0.1, 0.15) is 26.7 Å². The van der Waals surface area contributed by atoms with Gasteiger partial charge >= 0.3 is 0 Å². The van der Waals surface area contributed by atoms with Gasteiger partial charge in [0.1, 0.15) is 11.8 Å². The topological polar surface area (TPSA) is 143 Å². The summed E-state index contributed by atoms with van der Waals surface area (Å²) in [6, 6.07) is 11.6. The highest BCUT2D eigenvalue weighted by Crippen LogP contribution is 2.45. The minimum atomic E-state index is -1.32. The number of imide groups is 1. The third kappa shape index (κ3) is 6.42. The Labute approximate surface area is 219 Å². The quantitative estimate of drug-likeness (QED) is 0.329. The van der Waals surface area contributed by atoms with Crippen molar-refractivity contribution < 1.29 is 29.0 Å². The van der Waals surface area contributed by atoms with Gasteiger partial charge in [0.2, 0.25) is 5.91 Å². The zero-order valence-electron chi connectivity index (χ0n) is 20.8. The van der Waals surface area contributed by atoms with Crippen LogP contribution >= 0.6 is 11.8 Å². The molecule has 3 amide bonds. The zero-order valence-corrected chi connectivity index (χ0v) is 21.6. The molecule has 2 aliphatic rings. The Kier molecular flexibility index (Phi) is 8.70. The maximum atomic E-state index is 13.5. The number of carbonyl (C=O) groups is 3. The lowest BCUT2D eigenvalue weighted by Crippen LogP contribution is -2.57. The lowest BCUT2D eigenvalue weighted by molar-refractivity contribution is -0.160. The fraction of sp³-hybridized carbons (Fsp3) is 0.423. The minimum Gasteiger partial charge on any atom is -0.484 e. The molecular weight excluding hydrogens is 496 g/mol. The Morgan fingerprint density at radius 2 is 1.97 bits per heavy atom. The molecule has 0 aliphatic carbocycles. The van der Waals surface area contributed by atoms with Crippen molar-refractivity contribution in [3.8, 4) is 5.75 Å². The number of hydrogen-bond donors (Lipinski definition) is 4. The average molecular weight is 529 g/mol. The van der Waals surface area contributed by atoms with Gasteiger partial charge in [-0.05, 0) is 43.0 Å². The summed E-state index contributed by atoms with van der Waals surface area (Å²) in [5.74, 6) is -1.27. The van der Waals surface area contributed by atoms with E-state index in [1.165, 1.54) is 0 Å². The van der Waals surface area contributed by atoms with Crippen LogP contribution in [0.25, 0.3) is 0 Å². The number of para-hydroxylation sites is 1. The number of aliphatic hydroxyl groups excluding tert-OH is 1. The normalized spacial score (nSPS) is 18.8. The first-order valence-electron chi connectivity index (χ1n) is 12.2. The molecule has 10 nitrogen and oxygen atoms in total. The second-order valence-corrected chi connectivity index (χ2v) is 10.4. The van der Waals surface area contributed by atoms with E-state index in [2.05, 4.69) is 10.6 Å². The van der Waals surface area contributed by atoms with E-state index in [9.17, 15) is 19.5 Å². The van der Waals surface area contributed by atoms with Crippen LogP contribution in [0.5, 0.6) is 5.75 Å². The largest absolute Gasteiger partial charge is 0.484 e. The predicted molar refractivity (Wildman–Crippen MR) is 138 cm³/mol. The molecular formula is C26H32N4O6S. The van der Waals surface area contributed by atoms with Crippen molar-refractivity contribution in [2.75, 3.05) is 25.1 Å². The summed E-state index contributed by atoms with van der Waals surface area (Å²) in [4.78, 5) is 42.0. The average Bonchev–Trinajstić information content (AvgIpc) is 3.30. The molecule has 198 valence electrons. The molecule has 1 saturated heterocycles. The first-order chi connectivity index (χ1) is 17.8. The van der Waals surface area contributed by atoms with Crippen molar-refractivity contribution in [2.24, 2.45) is 11.7 Å². The molecule has 2 aromatic carbocycles. The van der Waals surface area contributed by atoms with Crippen molar-refractivity contribution in [1.82, 2.24) is 10.2 Å². The molecule has 0 aromatic heterocycles. The maximum Gasteiger partial charge on any atom is 0.267 e. The van der Waals surface area contributed by atoms with Gasteiger partial charge < -0.3 is 30.9 Å². The van der Waals surface area contributed by atoms with E-state index in [0.29, 0.717) is 12.2 Å². The lowest BCUT2D eigenvalue weighted by Gasteiger charge is -2.32. The van der Waals surface area contributed by atoms with Crippen LogP contribution < -0.4 is 21.1 Å². The molecule has 4 rings (SSSR count). The summed E-state index contributed by atoms with van der Waals surface area (Å²) >= 11 is 1.63. The summed E-state index contributed by atoms with van der Waals surface area (Å²) in [5.41, 5.74) is 7.26. The minimum absolute atomic E-state index is 0.0518. The van der Waals surface area contributed by atoms with E-state index in [1.54, 1.807) is 23.9 Å². The second kappa shape index (κ2) is 12.0. The first-order valence-corrected chi connectivity index (χ1v) is 13.0. The highest BCUT2D eigenvalue weighted by Gasteiger charge is 2.41. The molecule has 2 heterocycles. The van der Waals surface area contributed by atoms with Crippen LogP contribution in [0.4, 0.5) is 11.4 Å². The number of hydrogen-bond acceptors (Lipinski definition) is 9. The highest BCUT2D eigenvalue weighted by molar-refractivity contribution is 7.99. The van der Waals surface area contributed by atoms with Gasteiger partial charge in [0.05, 0.1) is 30.6 Å². The van der Waals surface area contributed by atoms with Crippen molar-refractivity contribution >= 4 is 40.9 Å². The SMILES string of the molecule is CC(C)C[C@H](NC(=O)CN)C(=O)N(C(=O)COc1ccc2c(c1)Nc1ccccc1S2)[C@H]1CCOC1O. The number of nitrogens with zero attached hydrogens (tertiary/aromatic N) is 1. The number of fused-ring (bicyclic) bond motifs is 2. The van der Waals surface area contributed by atoms with Gasteiger partial charge in [0.15, 0.2) is 12.9 Å². The Hall–Kier alpha value is -3.12. The number of nitrogens with one attached hydrogen (secondary N) is 2. The summed E-state index contributed by atoms with van der Waals surface area (Å²) in [6.45, 7) is 3.28. The van der Waals surface area contributed by atoms with Gasteiger partial charge in [0, 0.05) is 15.9 Å². The monoisotopic (exact) mass is 528 g/mol. The number of carbonyl (C=O) groups excluding carboxylic acids is 3. The highest BCUT2D eigenvalue weighted by atomic mass is 32.2. The number of aliphatic hydroxyl groups is 1. The summed E-state index contributed by atoms with van der Waals surface area (Å²) < 4.78 is 11.0. The van der Waals surface area contributed by atoms with Crippen molar-refractivity contribution in [2.45, 2.75) is 54.9 Å². The van der Waals surface area contributed by atoms with E-state index in [-0.39, 0.29) is 25.5 Å². The summed E-state index contributed by atoms with van der Waals surface area (Å²) in [7, 11) is 0. The molecule has 0 saturated carbocycles. The summed E-state index contributed by atoms with van der Waals surface area (Å²) in [6.07, 6.45) is -0.742. The van der Waals surface area contributed by atoms with E-state index in [0.717, 1.165) is 26.1 Å². The first kappa shape index (κ1) is 26.9. The van der Waals surface area contributed by atoms with Crippen molar-refractivity contribution in [3.63, 3.8) is 0 Å². The Bertz CT molecular complexity index is 1160. The molecule has 37 heavy (non-hydrogen) atoms. The number of ether oxygens (including phenoxy) is 2. The molecule has 3 atom stereocenters. The molecule has 2 aliphatic heterocycles. The molecule has 11 heteroatoms. The molecule has 0 bridgehead atoms. The van der Waals surface area contributed by atoms with Crippen LogP contribution in [0.2, 0.25) is 0 Å². The molecule has 1 fully saturated rings. The number of anilines is 2. The molecule has 0 radical (unpaired) electrons. The van der Waals surface area contributed by atoms with Crippen LogP contribution in [-0.4, -0.2) is 65.9 Å². The van der Waals surface area contributed by atoms with Gasteiger partial charge in [-0.2, -0.15) is 0 Å². The van der Waals surface area contributed by atoms with Crippen LogP contribution in [0.15, 0.2) is 52.3 Å². The van der Waals surface area contributed by atoms with Crippen LogP contribution in [0.3, 0.4) is 0 Å². The van der Waals surface area contributed by atoms with E-state index in [1.807, 2.05) is 44.2 Å². The Morgan fingerprint density at radius 3 is 2.68 bits per heavy atom. The van der Waals surface area contributed by atoms with E-state index < -0.39 is 42.7 Å². The number of benzene rings is 2. The third-order valence-electron chi connectivity index (χ3n) is 6.08. The molecule has 1 unspecified atom stereocenters. The number of rotatable bonds is 9. The molecule has 5 N–H and O–H groups in total. The van der Waals surface area contributed by atoms with E-state index in [4.69, 9.17) is 15.2 Å². The van der Waals surface area contributed by atoms with Crippen molar-refractivity contribution in [1.29, 1.82) is 0 Å². The van der Waals surface area contributed by atoms with Gasteiger partial charge in [-0.15, -0.1) is 0 Å². The predicted octanol–water partition coefficient (Wildman–Crippen LogP) is 2.23. The lowest BCUT2D eigenvalue weighted by atomic mass is 10.0. The molecule has 2 aromatic rings. The fourth-order valence-electron chi connectivity index (χ4n) is 4.33. The Balaban J connectivity index is 1.50. The van der Waals surface area contributed by atoms with Gasteiger partial charge in [-0.3, -0.25) is 19.3 Å². The van der Waals surface area contributed by atoms with Gasteiger partial charge in [-0.25, -0.2) is 0 Å². The second-order valence-electron chi connectivity index (χ2n) is 9.34. The maximum absolute atomic E-state index is 13.5. The van der Waals surface area contributed by atoms with Gasteiger partial charge in [0.25, 0.3) is 11.8 Å². The van der Waals surface area contributed by atoms with Gasteiger partial charge in [-0.1, -0.05) is 37.7 Å².